The van der Waals surface area contributed by atoms with E-state index in [1.165, 1.54) is 25.7 Å². The molecule has 0 saturated heterocycles. The number of ketones is 1. The topological polar surface area (TPSA) is 33.2 Å². The molecule has 0 aromatic carbocycles. The molecule has 3 nitrogen and oxygen atoms in total. The van der Waals surface area contributed by atoms with E-state index in [0.717, 1.165) is 11.7 Å². The van der Waals surface area contributed by atoms with Crippen LogP contribution in [0.2, 0.25) is 0 Å². The van der Waals surface area contributed by atoms with Crippen LogP contribution in [0.3, 0.4) is 0 Å². The summed E-state index contributed by atoms with van der Waals surface area (Å²) in [6.07, 6.45) is 4.96. The Labute approximate surface area is 100 Å². The van der Waals surface area contributed by atoms with Gasteiger partial charge >= 0.3 is 0 Å². The van der Waals surface area contributed by atoms with Crippen LogP contribution in [-0.4, -0.2) is 23.4 Å². The van der Waals surface area contributed by atoms with Crippen molar-refractivity contribution in [3.63, 3.8) is 0 Å². The van der Waals surface area contributed by atoms with Crippen LogP contribution in [0.5, 0.6) is 0 Å². The van der Waals surface area contributed by atoms with Crippen molar-refractivity contribution in [2.75, 3.05) is 11.4 Å². The van der Waals surface area contributed by atoms with Gasteiger partial charge in [0.15, 0.2) is 10.9 Å². The fourth-order valence-corrected chi connectivity index (χ4v) is 2.67. The molecule has 0 radical (unpaired) electrons. The number of nitrogens with zero attached hydrogens (tertiary/aromatic N) is 2. The molecular formula is C12H18N2OS. The van der Waals surface area contributed by atoms with Gasteiger partial charge in [-0.15, -0.1) is 11.3 Å². The summed E-state index contributed by atoms with van der Waals surface area (Å²) < 4.78 is 0. The predicted molar refractivity (Wildman–Crippen MR) is 67.4 cm³/mol. The molecule has 1 aromatic rings. The number of carbonyl (C=O) groups excluding carboxylic acids is 1. The molecule has 0 N–H and O–H groups in total. The Hall–Kier alpha value is -0.900. The van der Waals surface area contributed by atoms with Crippen molar-refractivity contribution in [2.45, 2.75) is 45.6 Å². The SMILES string of the molecule is CCCCN(c1nc(C(C)=O)cs1)C1CC1. The van der Waals surface area contributed by atoms with Gasteiger partial charge in [0.25, 0.3) is 0 Å². The van der Waals surface area contributed by atoms with Crippen LogP contribution in [0, 0.1) is 0 Å². The highest BCUT2D eigenvalue weighted by Crippen LogP contribution is 2.33. The third kappa shape index (κ3) is 2.61. The molecule has 0 atom stereocenters. The summed E-state index contributed by atoms with van der Waals surface area (Å²) in [5.74, 6) is 0.0636. The summed E-state index contributed by atoms with van der Waals surface area (Å²) in [5, 5.41) is 2.90. The van der Waals surface area contributed by atoms with Gasteiger partial charge in [0, 0.05) is 24.9 Å². The number of unbranched alkanes of at least 4 members (excludes halogenated alkanes) is 1. The number of hydrogen-bond acceptors (Lipinski definition) is 4. The zero-order chi connectivity index (χ0) is 11.5. The molecule has 1 aliphatic carbocycles. The summed E-state index contributed by atoms with van der Waals surface area (Å²) in [6, 6.07) is 0.678. The molecule has 1 fully saturated rings. The lowest BCUT2D eigenvalue weighted by molar-refractivity contribution is 0.101. The van der Waals surface area contributed by atoms with Gasteiger partial charge in [-0.3, -0.25) is 4.79 Å². The first-order valence-electron chi connectivity index (χ1n) is 5.95. The van der Waals surface area contributed by atoms with Crippen LogP contribution < -0.4 is 4.90 Å². The molecule has 0 unspecified atom stereocenters. The lowest BCUT2D eigenvalue weighted by atomic mass is 10.3. The van der Waals surface area contributed by atoms with E-state index in [2.05, 4.69) is 16.8 Å². The fourth-order valence-electron chi connectivity index (χ4n) is 1.71. The molecule has 16 heavy (non-hydrogen) atoms. The Morgan fingerprint density at radius 1 is 1.62 bits per heavy atom. The van der Waals surface area contributed by atoms with E-state index >= 15 is 0 Å². The number of hydrogen-bond donors (Lipinski definition) is 0. The average molecular weight is 238 g/mol. The van der Waals surface area contributed by atoms with E-state index in [9.17, 15) is 4.79 Å². The normalized spacial score (nSPS) is 15.1. The van der Waals surface area contributed by atoms with Gasteiger partial charge in [-0.05, 0) is 19.3 Å². The summed E-state index contributed by atoms with van der Waals surface area (Å²) in [5.41, 5.74) is 0.613. The van der Waals surface area contributed by atoms with Crippen LogP contribution >= 0.6 is 11.3 Å². The van der Waals surface area contributed by atoms with Crippen LogP contribution in [0.1, 0.15) is 50.0 Å². The Bertz CT molecular complexity index is 371. The number of rotatable bonds is 6. The van der Waals surface area contributed by atoms with E-state index in [0.29, 0.717) is 11.7 Å². The zero-order valence-corrected chi connectivity index (χ0v) is 10.7. The molecule has 1 saturated carbocycles. The lowest BCUT2D eigenvalue weighted by Gasteiger charge is -2.20. The number of thiazole rings is 1. The standard InChI is InChI=1S/C12H18N2OS/c1-3-4-7-14(10-5-6-10)12-13-11(8-16-12)9(2)15/h8,10H,3-7H2,1-2H3. The molecule has 1 heterocycles. The van der Waals surface area contributed by atoms with Crippen molar-refractivity contribution >= 4 is 22.3 Å². The van der Waals surface area contributed by atoms with Crippen LogP contribution in [0.25, 0.3) is 0 Å². The third-order valence-corrected chi connectivity index (χ3v) is 3.72. The molecule has 4 heteroatoms. The highest BCUT2D eigenvalue weighted by Gasteiger charge is 2.30. The average Bonchev–Trinajstić information content (AvgIpc) is 2.96. The van der Waals surface area contributed by atoms with Gasteiger partial charge in [-0.1, -0.05) is 13.3 Å². The van der Waals surface area contributed by atoms with Crippen molar-refractivity contribution in [1.82, 2.24) is 4.98 Å². The molecule has 0 aliphatic heterocycles. The third-order valence-electron chi connectivity index (χ3n) is 2.84. The number of aromatic nitrogens is 1. The first-order chi connectivity index (χ1) is 7.72. The van der Waals surface area contributed by atoms with E-state index in [1.54, 1.807) is 18.3 Å². The second-order valence-electron chi connectivity index (χ2n) is 4.35. The van der Waals surface area contributed by atoms with E-state index in [4.69, 9.17) is 0 Å². The van der Waals surface area contributed by atoms with Gasteiger partial charge in [-0.25, -0.2) is 4.98 Å². The summed E-state index contributed by atoms with van der Waals surface area (Å²) >= 11 is 1.60. The summed E-state index contributed by atoms with van der Waals surface area (Å²) in [7, 11) is 0. The molecule has 0 amide bonds. The minimum atomic E-state index is 0.0636. The van der Waals surface area contributed by atoms with Crippen molar-refractivity contribution in [2.24, 2.45) is 0 Å². The predicted octanol–water partition coefficient (Wildman–Crippen LogP) is 3.11. The molecule has 1 aliphatic rings. The molecule has 0 bridgehead atoms. The van der Waals surface area contributed by atoms with E-state index in [1.807, 2.05) is 5.38 Å². The maximum Gasteiger partial charge on any atom is 0.186 e. The Morgan fingerprint density at radius 3 is 2.88 bits per heavy atom. The molecule has 0 spiro atoms. The van der Waals surface area contributed by atoms with Gasteiger partial charge in [0.05, 0.1) is 0 Å². The number of anilines is 1. The van der Waals surface area contributed by atoms with Gasteiger partial charge in [0.2, 0.25) is 0 Å². The van der Waals surface area contributed by atoms with Crippen LogP contribution in [-0.2, 0) is 0 Å². The van der Waals surface area contributed by atoms with Gasteiger partial charge in [-0.2, -0.15) is 0 Å². The first kappa shape index (κ1) is 11.6. The first-order valence-corrected chi connectivity index (χ1v) is 6.83. The second-order valence-corrected chi connectivity index (χ2v) is 5.19. The molecule has 1 aromatic heterocycles. The second kappa shape index (κ2) is 4.95. The number of carbonyl (C=O) groups is 1. The van der Waals surface area contributed by atoms with Crippen LogP contribution in [0.4, 0.5) is 5.13 Å². The van der Waals surface area contributed by atoms with E-state index < -0.39 is 0 Å². The summed E-state index contributed by atoms with van der Waals surface area (Å²) in [4.78, 5) is 18.0. The summed E-state index contributed by atoms with van der Waals surface area (Å²) in [6.45, 7) is 4.85. The Kier molecular flexibility index (Phi) is 3.59. The van der Waals surface area contributed by atoms with Crippen molar-refractivity contribution in [3.8, 4) is 0 Å². The molecular weight excluding hydrogens is 220 g/mol. The minimum Gasteiger partial charge on any atom is -0.345 e. The van der Waals surface area contributed by atoms with Crippen molar-refractivity contribution < 1.29 is 4.79 Å². The van der Waals surface area contributed by atoms with Gasteiger partial charge in [0.1, 0.15) is 5.69 Å². The zero-order valence-electron chi connectivity index (χ0n) is 9.90. The van der Waals surface area contributed by atoms with Crippen molar-refractivity contribution in [3.05, 3.63) is 11.1 Å². The maximum atomic E-state index is 11.2. The Balaban J connectivity index is 2.08. The molecule has 88 valence electrons. The van der Waals surface area contributed by atoms with Crippen LogP contribution in [0.15, 0.2) is 5.38 Å². The van der Waals surface area contributed by atoms with Gasteiger partial charge < -0.3 is 4.90 Å². The molecule has 2 rings (SSSR count). The largest absolute Gasteiger partial charge is 0.345 e. The van der Waals surface area contributed by atoms with Crippen molar-refractivity contribution in [1.29, 1.82) is 0 Å². The maximum absolute atomic E-state index is 11.2. The highest BCUT2D eigenvalue weighted by molar-refractivity contribution is 7.14. The van der Waals surface area contributed by atoms with E-state index in [-0.39, 0.29) is 5.78 Å². The fraction of sp³-hybridized carbons (Fsp3) is 0.667. The Morgan fingerprint density at radius 2 is 2.38 bits per heavy atom. The number of Topliss-reactive ketones (excluding diaryl/α,β-unsaturated/α-hetero) is 1. The quantitative estimate of drug-likeness (QED) is 0.714. The monoisotopic (exact) mass is 238 g/mol. The minimum absolute atomic E-state index is 0.0636. The highest BCUT2D eigenvalue weighted by atomic mass is 32.1. The smallest absolute Gasteiger partial charge is 0.186 e. The lowest BCUT2D eigenvalue weighted by Crippen LogP contribution is -2.26.